The van der Waals surface area contributed by atoms with E-state index in [9.17, 15) is 14.9 Å². The molecule has 0 aliphatic heterocycles. The van der Waals surface area contributed by atoms with Crippen LogP contribution in [0.3, 0.4) is 0 Å². The third kappa shape index (κ3) is 3.34. The molecule has 6 nitrogen and oxygen atoms in total. The number of carbonyl (C=O) groups is 1. The fraction of sp³-hybridized carbons (Fsp3) is 0.273. The van der Waals surface area contributed by atoms with Gasteiger partial charge in [-0.2, -0.15) is 5.26 Å². The Bertz CT molecular complexity index is 569. The molecule has 0 aliphatic rings. The standard InChI is InChI=1S/C11H9Cl2N3O3/c1-2-15(4-3-14)11(17)8-5-7(16(18)19)6-9(12)10(8)13/h5-6H,2,4H2,1H3. The molecule has 0 atom stereocenters. The highest BCUT2D eigenvalue weighted by Gasteiger charge is 2.22. The van der Waals surface area contributed by atoms with Crippen LogP contribution in [0.1, 0.15) is 17.3 Å². The second-order valence-corrected chi connectivity index (χ2v) is 4.31. The van der Waals surface area contributed by atoms with Crippen molar-refractivity contribution in [1.29, 1.82) is 5.26 Å². The van der Waals surface area contributed by atoms with Crippen LogP contribution in [0.4, 0.5) is 5.69 Å². The molecule has 100 valence electrons. The number of nitrogens with zero attached hydrogens (tertiary/aromatic N) is 3. The molecule has 0 spiro atoms. The Morgan fingerprint density at radius 1 is 1.53 bits per heavy atom. The first-order valence-corrected chi connectivity index (χ1v) is 5.97. The summed E-state index contributed by atoms with van der Waals surface area (Å²) in [5, 5.41) is 19.2. The molecule has 1 aromatic carbocycles. The van der Waals surface area contributed by atoms with Gasteiger partial charge in [0.2, 0.25) is 0 Å². The zero-order valence-electron chi connectivity index (χ0n) is 9.89. The van der Waals surface area contributed by atoms with E-state index in [0.717, 1.165) is 12.1 Å². The number of non-ortho nitro benzene ring substituents is 1. The largest absolute Gasteiger partial charge is 0.326 e. The van der Waals surface area contributed by atoms with Gasteiger partial charge in [-0.05, 0) is 6.92 Å². The van der Waals surface area contributed by atoms with Gasteiger partial charge < -0.3 is 4.90 Å². The third-order valence-corrected chi connectivity index (χ3v) is 3.19. The zero-order valence-corrected chi connectivity index (χ0v) is 11.4. The molecule has 0 fully saturated rings. The molecule has 0 radical (unpaired) electrons. The van der Waals surface area contributed by atoms with Crippen LogP contribution in [-0.2, 0) is 0 Å². The summed E-state index contributed by atoms with van der Waals surface area (Å²) in [4.78, 5) is 23.4. The molecular weight excluding hydrogens is 293 g/mol. The summed E-state index contributed by atoms with van der Waals surface area (Å²) in [7, 11) is 0. The summed E-state index contributed by atoms with van der Waals surface area (Å²) in [6.45, 7) is 1.83. The Balaban J connectivity index is 3.29. The van der Waals surface area contributed by atoms with Crippen molar-refractivity contribution in [2.45, 2.75) is 6.92 Å². The van der Waals surface area contributed by atoms with Gasteiger partial charge in [0.1, 0.15) is 6.54 Å². The van der Waals surface area contributed by atoms with E-state index in [2.05, 4.69) is 0 Å². The number of rotatable bonds is 4. The summed E-state index contributed by atoms with van der Waals surface area (Å²) >= 11 is 11.6. The van der Waals surface area contributed by atoms with Crippen LogP contribution in [0.2, 0.25) is 10.0 Å². The molecule has 0 saturated carbocycles. The number of carbonyl (C=O) groups excluding carboxylic acids is 1. The van der Waals surface area contributed by atoms with Crippen LogP contribution in [0.15, 0.2) is 12.1 Å². The normalized spacial score (nSPS) is 9.79. The summed E-state index contributed by atoms with van der Waals surface area (Å²) in [6, 6.07) is 3.96. The zero-order chi connectivity index (χ0) is 14.6. The SMILES string of the molecule is CCN(CC#N)C(=O)c1cc([N+](=O)[O-])cc(Cl)c1Cl. The lowest BCUT2D eigenvalue weighted by Gasteiger charge is -2.18. The maximum Gasteiger partial charge on any atom is 0.271 e. The number of nitro groups is 1. The third-order valence-electron chi connectivity index (χ3n) is 2.38. The van der Waals surface area contributed by atoms with Crippen LogP contribution in [0.25, 0.3) is 0 Å². The number of halogens is 2. The van der Waals surface area contributed by atoms with E-state index in [0.29, 0.717) is 0 Å². The molecule has 0 unspecified atom stereocenters. The minimum Gasteiger partial charge on any atom is -0.326 e. The molecular formula is C11H9Cl2N3O3. The van der Waals surface area contributed by atoms with E-state index in [-0.39, 0.29) is 34.4 Å². The van der Waals surface area contributed by atoms with Gasteiger partial charge in [-0.25, -0.2) is 0 Å². The highest BCUT2D eigenvalue weighted by molar-refractivity contribution is 6.44. The first-order chi connectivity index (χ1) is 8.92. The average molecular weight is 302 g/mol. The molecule has 0 bridgehead atoms. The van der Waals surface area contributed by atoms with Crippen molar-refractivity contribution in [1.82, 2.24) is 4.90 Å². The van der Waals surface area contributed by atoms with Gasteiger partial charge in [0, 0.05) is 18.7 Å². The molecule has 8 heteroatoms. The average Bonchev–Trinajstić information content (AvgIpc) is 2.37. The topological polar surface area (TPSA) is 87.2 Å². The summed E-state index contributed by atoms with van der Waals surface area (Å²) in [6.07, 6.45) is 0. The summed E-state index contributed by atoms with van der Waals surface area (Å²) in [5.74, 6) is -0.570. The van der Waals surface area contributed by atoms with Crippen molar-refractivity contribution in [2.24, 2.45) is 0 Å². The molecule has 1 aromatic rings. The monoisotopic (exact) mass is 301 g/mol. The van der Waals surface area contributed by atoms with E-state index in [1.54, 1.807) is 6.92 Å². The van der Waals surface area contributed by atoms with Crippen LogP contribution in [0, 0.1) is 21.4 Å². The van der Waals surface area contributed by atoms with Crippen LogP contribution >= 0.6 is 23.2 Å². The quantitative estimate of drug-likeness (QED) is 0.486. The number of benzene rings is 1. The Morgan fingerprint density at radius 3 is 2.63 bits per heavy atom. The lowest BCUT2D eigenvalue weighted by Crippen LogP contribution is -2.31. The van der Waals surface area contributed by atoms with Crippen molar-refractivity contribution in [3.63, 3.8) is 0 Å². The van der Waals surface area contributed by atoms with Gasteiger partial charge in [-0.1, -0.05) is 23.2 Å². The molecule has 1 rings (SSSR count). The van der Waals surface area contributed by atoms with Crippen LogP contribution in [0.5, 0.6) is 0 Å². The first-order valence-electron chi connectivity index (χ1n) is 5.22. The lowest BCUT2D eigenvalue weighted by molar-refractivity contribution is -0.384. The highest BCUT2D eigenvalue weighted by Crippen LogP contribution is 2.31. The van der Waals surface area contributed by atoms with Gasteiger partial charge in [0.05, 0.1) is 26.6 Å². The predicted octanol–water partition coefficient (Wildman–Crippen LogP) is 2.89. The Labute approximate surface area is 119 Å². The summed E-state index contributed by atoms with van der Waals surface area (Å²) < 4.78 is 0. The smallest absolute Gasteiger partial charge is 0.271 e. The molecule has 0 aromatic heterocycles. The number of nitriles is 1. The number of nitro benzene ring substituents is 1. The minimum absolute atomic E-state index is 0.0614. The second kappa shape index (κ2) is 6.36. The minimum atomic E-state index is -0.667. The Morgan fingerprint density at radius 2 is 2.16 bits per heavy atom. The molecule has 0 aliphatic carbocycles. The lowest BCUT2D eigenvalue weighted by atomic mass is 10.1. The van der Waals surface area contributed by atoms with E-state index in [1.807, 2.05) is 6.07 Å². The first kappa shape index (κ1) is 15.2. The fourth-order valence-electron chi connectivity index (χ4n) is 1.42. The molecule has 19 heavy (non-hydrogen) atoms. The van der Waals surface area contributed by atoms with Crippen LogP contribution < -0.4 is 0 Å². The maximum atomic E-state index is 12.1. The van der Waals surface area contributed by atoms with Crippen molar-refractivity contribution in [3.8, 4) is 6.07 Å². The molecule has 0 heterocycles. The van der Waals surface area contributed by atoms with Crippen molar-refractivity contribution in [3.05, 3.63) is 37.9 Å². The van der Waals surface area contributed by atoms with Crippen molar-refractivity contribution < 1.29 is 9.72 Å². The van der Waals surface area contributed by atoms with Gasteiger partial charge in [-0.15, -0.1) is 0 Å². The number of amides is 1. The highest BCUT2D eigenvalue weighted by atomic mass is 35.5. The predicted molar refractivity (Wildman–Crippen MR) is 70.3 cm³/mol. The van der Waals surface area contributed by atoms with E-state index in [4.69, 9.17) is 28.5 Å². The van der Waals surface area contributed by atoms with E-state index in [1.165, 1.54) is 4.90 Å². The Hall–Kier alpha value is -1.84. The number of hydrogen-bond acceptors (Lipinski definition) is 4. The Kier molecular flexibility index (Phi) is 5.10. The second-order valence-electron chi connectivity index (χ2n) is 3.52. The summed E-state index contributed by atoms with van der Waals surface area (Å²) in [5.41, 5.74) is -0.413. The maximum absolute atomic E-state index is 12.1. The van der Waals surface area contributed by atoms with E-state index < -0.39 is 10.8 Å². The van der Waals surface area contributed by atoms with Crippen molar-refractivity contribution >= 4 is 34.8 Å². The van der Waals surface area contributed by atoms with Gasteiger partial charge in [0.15, 0.2) is 0 Å². The molecule has 0 saturated heterocycles. The fourth-order valence-corrected chi connectivity index (χ4v) is 1.82. The molecule has 0 N–H and O–H groups in total. The van der Waals surface area contributed by atoms with Gasteiger partial charge in [0.25, 0.3) is 11.6 Å². The molecule has 1 amide bonds. The van der Waals surface area contributed by atoms with E-state index >= 15 is 0 Å². The number of hydrogen-bond donors (Lipinski definition) is 0. The van der Waals surface area contributed by atoms with Gasteiger partial charge >= 0.3 is 0 Å². The van der Waals surface area contributed by atoms with Gasteiger partial charge in [-0.3, -0.25) is 14.9 Å². The van der Waals surface area contributed by atoms with Crippen LogP contribution in [-0.4, -0.2) is 28.8 Å². The van der Waals surface area contributed by atoms with Crippen molar-refractivity contribution in [2.75, 3.05) is 13.1 Å².